The Kier molecular flexibility index (Phi) is 4.64. The fraction of sp³-hybridized carbons (Fsp3) is 0.0270. The predicted molar refractivity (Wildman–Crippen MR) is 168 cm³/mol. The van der Waals surface area contributed by atoms with E-state index in [1.54, 1.807) is 0 Å². The number of furan rings is 2. The van der Waals surface area contributed by atoms with Gasteiger partial charge in [-0.2, -0.15) is 0 Å². The largest absolute Gasteiger partial charge is 0.452 e. The van der Waals surface area contributed by atoms with Gasteiger partial charge in [0.25, 0.3) is 0 Å². The maximum atomic E-state index is 6.37. The summed E-state index contributed by atoms with van der Waals surface area (Å²) in [4.78, 5) is 2.37. The van der Waals surface area contributed by atoms with Crippen LogP contribution >= 0.6 is 0 Å². The highest BCUT2D eigenvalue weighted by Crippen LogP contribution is 2.47. The van der Waals surface area contributed by atoms with Crippen molar-refractivity contribution in [1.29, 1.82) is 0 Å². The first-order valence-electron chi connectivity index (χ1n) is 13.9. The Morgan fingerprint density at radius 3 is 1.95 bits per heavy atom. The van der Waals surface area contributed by atoms with Gasteiger partial charge in [0.1, 0.15) is 17.3 Å². The van der Waals surface area contributed by atoms with Crippen molar-refractivity contribution in [3.8, 4) is 11.1 Å². The number of hydrogen-bond donors (Lipinski definition) is 1. The Hall–Kier alpha value is -5.48. The van der Waals surface area contributed by atoms with Crippen molar-refractivity contribution < 1.29 is 8.83 Å². The van der Waals surface area contributed by atoms with E-state index in [2.05, 4.69) is 125 Å². The molecule has 0 saturated heterocycles. The molecule has 4 nitrogen and oxygen atoms in total. The molecule has 0 fully saturated rings. The van der Waals surface area contributed by atoms with Gasteiger partial charge in [0, 0.05) is 27.2 Å². The maximum absolute atomic E-state index is 6.37. The van der Waals surface area contributed by atoms with Gasteiger partial charge in [-0.1, -0.05) is 78.9 Å². The molecule has 2 aromatic heterocycles. The molecule has 0 saturated carbocycles. The summed E-state index contributed by atoms with van der Waals surface area (Å²) >= 11 is 0. The molecule has 194 valence electrons. The third kappa shape index (κ3) is 3.34. The zero-order chi connectivity index (χ0) is 26.9. The molecule has 1 aliphatic rings. The molecule has 3 heterocycles. The molecule has 9 rings (SSSR count). The first kappa shape index (κ1) is 22.3. The molecule has 6 aromatic carbocycles. The van der Waals surface area contributed by atoms with Gasteiger partial charge in [0.2, 0.25) is 0 Å². The Balaban J connectivity index is 1.17. The monoisotopic (exact) mass is 528 g/mol. The van der Waals surface area contributed by atoms with Gasteiger partial charge in [-0.3, -0.25) is 0 Å². The van der Waals surface area contributed by atoms with Crippen LogP contribution in [0, 0.1) is 0 Å². The molecule has 0 amide bonds. The van der Waals surface area contributed by atoms with Crippen molar-refractivity contribution in [2.24, 2.45) is 0 Å². The van der Waals surface area contributed by atoms with Crippen molar-refractivity contribution in [3.63, 3.8) is 0 Å². The van der Waals surface area contributed by atoms with Crippen LogP contribution in [0.2, 0.25) is 0 Å². The summed E-state index contributed by atoms with van der Waals surface area (Å²) in [5.74, 6) is 0. The van der Waals surface area contributed by atoms with Crippen molar-refractivity contribution in [3.05, 3.63) is 139 Å². The molecule has 1 atom stereocenters. The molecular weight excluding hydrogens is 504 g/mol. The second-order valence-electron chi connectivity index (χ2n) is 10.6. The molecule has 1 aliphatic heterocycles. The number of fused-ring (bicyclic) bond motifs is 8. The highest BCUT2D eigenvalue weighted by Gasteiger charge is 2.31. The number of hydrogen-bond acceptors (Lipinski definition) is 4. The van der Waals surface area contributed by atoms with Gasteiger partial charge in [-0.15, -0.1) is 0 Å². The first-order valence-corrected chi connectivity index (χ1v) is 13.9. The second kappa shape index (κ2) is 8.51. The van der Waals surface area contributed by atoms with E-state index in [1.807, 2.05) is 18.2 Å². The second-order valence-corrected chi connectivity index (χ2v) is 10.6. The molecule has 1 N–H and O–H groups in total. The third-order valence-corrected chi connectivity index (χ3v) is 8.27. The lowest BCUT2D eigenvalue weighted by Gasteiger charge is -2.27. The van der Waals surface area contributed by atoms with Gasteiger partial charge < -0.3 is 19.1 Å². The molecule has 0 spiro atoms. The molecule has 0 bridgehead atoms. The van der Waals surface area contributed by atoms with E-state index in [-0.39, 0.29) is 6.17 Å². The van der Waals surface area contributed by atoms with Crippen LogP contribution < -0.4 is 10.2 Å². The lowest BCUT2D eigenvalue weighted by molar-refractivity contribution is 0.633. The minimum Gasteiger partial charge on any atom is -0.452 e. The van der Waals surface area contributed by atoms with E-state index in [0.717, 1.165) is 72.1 Å². The number of para-hydroxylation sites is 2. The van der Waals surface area contributed by atoms with Crippen LogP contribution in [-0.4, -0.2) is 0 Å². The van der Waals surface area contributed by atoms with Crippen LogP contribution in [-0.2, 0) is 0 Å². The Labute approximate surface area is 236 Å². The van der Waals surface area contributed by atoms with Crippen LogP contribution in [0.5, 0.6) is 0 Å². The third-order valence-electron chi connectivity index (χ3n) is 8.27. The fourth-order valence-corrected chi connectivity index (χ4v) is 6.33. The number of rotatable bonds is 3. The summed E-state index contributed by atoms with van der Waals surface area (Å²) in [5, 5.41) is 8.13. The summed E-state index contributed by atoms with van der Waals surface area (Å²) in [7, 11) is 0. The zero-order valence-electron chi connectivity index (χ0n) is 22.0. The van der Waals surface area contributed by atoms with Crippen molar-refractivity contribution in [1.82, 2.24) is 0 Å². The fourth-order valence-electron chi connectivity index (χ4n) is 6.33. The minimum atomic E-state index is 0.00960. The van der Waals surface area contributed by atoms with Crippen molar-refractivity contribution in [2.45, 2.75) is 6.17 Å². The number of nitrogens with zero attached hydrogens (tertiary/aromatic N) is 1. The summed E-state index contributed by atoms with van der Waals surface area (Å²) in [6, 6.07) is 46.8. The van der Waals surface area contributed by atoms with Gasteiger partial charge in [0.05, 0.1) is 11.4 Å². The Morgan fingerprint density at radius 1 is 0.512 bits per heavy atom. The lowest BCUT2D eigenvalue weighted by atomic mass is 10.0. The molecular formula is C37H24N2O2. The molecule has 41 heavy (non-hydrogen) atoms. The van der Waals surface area contributed by atoms with Crippen LogP contribution in [0.3, 0.4) is 0 Å². The SMILES string of the molecule is c1ccc(C2Nc3cc(-c4ccc5oc6c(ccc7c8ccccc8oc76)c5c4)ccc3N2c2ccccc2)cc1. The topological polar surface area (TPSA) is 41.6 Å². The first-order chi connectivity index (χ1) is 20.3. The van der Waals surface area contributed by atoms with Gasteiger partial charge in [0.15, 0.2) is 11.2 Å². The summed E-state index contributed by atoms with van der Waals surface area (Å²) in [6.07, 6.45) is 0.00960. The number of anilines is 3. The standard InChI is InChI=1S/C37H24N2O2/c1-3-9-23(10-4-1)37-38-31-22-25(15-19-32(31)39(37)26-11-5-2-6-12-26)24-16-20-34-30(21-24)29-18-17-28-27-13-7-8-14-33(27)40-35(28)36(29)41-34/h1-22,37-38H. The average Bonchev–Trinajstić information content (AvgIpc) is 3.72. The van der Waals surface area contributed by atoms with Gasteiger partial charge in [-0.05, 0) is 71.3 Å². The minimum absolute atomic E-state index is 0.00960. The summed E-state index contributed by atoms with van der Waals surface area (Å²) in [6.45, 7) is 0. The number of benzene rings is 6. The number of nitrogens with one attached hydrogen (secondary N) is 1. The summed E-state index contributed by atoms with van der Waals surface area (Å²) in [5.41, 5.74) is 10.3. The molecule has 0 radical (unpaired) electrons. The molecule has 0 aliphatic carbocycles. The Morgan fingerprint density at radius 2 is 1.15 bits per heavy atom. The van der Waals surface area contributed by atoms with E-state index in [1.165, 1.54) is 5.56 Å². The van der Waals surface area contributed by atoms with E-state index in [4.69, 9.17) is 8.83 Å². The quantitative estimate of drug-likeness (QED) is 0.248. The van der Waals surface area contributed by atoms with E-state index in [9.17, 15) is 0 Å². The molecule has 1 unspecified atom stereocenters. The van der Waals surface area contributed by atoms with Crippen LogP contribution in [0.25, 0.3) is 55.0 Å². The molecule has 4 heteroatoms. The highest BCUT2D eigenvalue weighted by atomic mass is 16.4. The molecule has 8 aromatic rings. The van der Waals surface area contributed by atoms with Crippen molar-refractivity contribution >= 4 is 60.9 Å². The zero-order valence-corrected chi connectivity index (χ0v) is 22.0. The lowest BCUT2D eigenvalue weighted by Crippen LogP contribution is -2.23. The van der Waals surface area contributed by atoms with Crippen LogP contribution in [0.1, 0.15) is 11.7 Å². The van der Waals surface area contributed by atoms with E-state index in [0.29, 0.717) is 0 Å². The smallest absolute Gasteiger partial charge is 0.178 e. The van der Waals surface area contributed by atoms with Gasteiger partial charge >= 0.3 is 0 Å². The van der Waals surface area contributed by atoms with E-state index >= 15 is 0 Å². The summed E-state index contributed by atoms with van der Waals surface area (Å²) < 4.78 is 12.6. The van der Waals surface area contributed by atoms with E-state index < -0.39 is 0 Å². The average molecular weight is 529 g/mol. The van der Waals surface area contributed by atoms with Gasteiger partial charge in [-0.25, -0.2) is 0 Å². The Bertz CT molecular complexity index is 2250. The van der Waals surface area contributed by atoms with Crippen molar-refractivity contribution in [2.75, 3.05) is 10.2 Å². The van der Waals surface area contributed by atoms with Crippen LogP contribution in [0.15, 0.2) is 142 Å². The predicted octanol–water partition coefficient (Wildman–Crippen LogP) is 10.4. The normalized spacial score (nSPS) is 14.7. The maximum Gasteiger partial charge on any atom is 0.178 e. The van der Waals surface area contributed by atoms with Crippen LogP contribution in [0.4, 0.5) is 17.1 Å². The highest BCUT2D eigenvalue weighted by molar-refractivity contribution is 6.19.